The van der Waals surface area contributed by atoms with Gasteiger partial charge in [0.15, 0.2) is 0 Å². The maximum Gasteiger partial charge on any atom is 0.225 e. The van der Waals surface area contributed by atoms with E-state index in [-0.39, 0.29) is 12.4 Å². The molecular formula is C19H20FN5O. The summed E-state index contributed by atoms with van der Waals surface area (Å²) in [7, 11) is 0. The molecule has 3 N–H and O–H groups in total. The van der Waals surface area contributed by atoms with E-state index in [0.29, 0.717) is 47.4 Å². The van der Waals surface area contributed by atoms with Crippen LogP contribution in [0.3, 0.4) is 0 Å². The first kappa shape index (κ1) is 17.8. The first-order valence-corrected chi connectivity index (χ1v) is 8.35. The SMILES string of the molecule is Cc1c(F)cccc1Nc1cc(-c2ccccn2)nc(NCCCO)n1. The lowest BCUT2D eigenvalue weighted by Gasteiger charge is -2.12. The van der Waals surface area contributed by atoms with Crippen LogP contribution < -0.4 is 10.6 Å². The first-order chi connectivity index (χ1) is 12.7. The van der Waals surface area contributed by atoms with Crippen LogP contribution >= 0.6 is 0 Å². The number of pyridine rings is 1. The van der Waals surface area contributed by atoms with Gasteiger partial charge in [-0.05, 0) is 37.6 Å². The van der Waals surface area contributed by atoms with Crippen molar-refractivity contribution in [2.45, 2.75) is 13.3 Å². The van der Waals surface area contributed by atoms with Crippen LogP contribution in [0, 0.1) is 12.7 Å². The maximum atomic E-state index is 13.8. The Morgan fingerprint density at radius 3 is 2.73 bits per heavy atom. The quantitative estimate of drug-likeness (QED) is 0.564. The van der Waals surface area contributed by atoms with Crippen molar-refractivity contribution in [2.75, 3.05) is 23.8 Å². The van der Waals surface area contributed by atoms with Crippen molar-refractivity contribution in [1.82, 2.24) is 15.0 Å². The van der Waals surface area contributed by atoms with Gasteiger partial charge in [0.1, 0.15) is 11.6 Å². The summed E-state index contributed by atoms with van der Waals surface area (Å²) in [5.74, 6) is 0.661. The van der Waals surface area contributed by atoms with Gasteiger partial charge in [-0.25, -0.2) is 9.37 Å². The third-order valence-corrected chi connectivity index (χ3v) is 3.80. The van der Waals surface area contributed by atoms with Gasteiger partial charge >= 0.3 is 0 Å². The lowest BCUT2D eigenvalue weighted by atomic mass is 10.2. The molecule has 0 amide bonds. The molecular weight excluding hydrogens is 333 g/mol. The Hall–Kier alpha value is -3.06. The highest BCUT2D eigenvalue weighted by molar-refractivity contribution is 5.66. The number of benzene rings is 1. The molecule has 3 rings (SSSR count). The van der Waals surface area contributed by atoms with E-state index in [0.717, 1.165) is 0 Å². The van der Waals surface area contributed by atoms with Crippen molar-refractivity contribution >= 4 is 17.5 Å². The van der Waals surface area contributed by atoms with Crippen LogP contribution in [0.5, 0.6) is 0 Å². The van der Waals surface area contributed by atoms with Crippen molar-refractivity contribution in [2.24, 2.45) is 0 Å². The van der Waals surface area contributed by atoms with Gasteiger partial charge in [-0.3, -0.25) is 4.98 Å². The van der Waals surface area contributed by atoms with E-state index < -0.39 is 0 Å². The van der Waals surface area contributed by atoms with Gasteiger partial charge in [-0.2, -0.15) is 4.98 Å². The summed E-state index contributed by atoms with van der Waals surface area (Å²) in [6.07, 6.45) is 2.28. The number of nitrogens with zero attached hydrogens (tertiary/aromatic N) is 3. The molecule has 0 bridgehead atoms. The number of rotatable bonds is 7. The second-order valence-electron chi connectivity index (χ2n) is 5.72. The monoisotopic (exact) mass is 353 g/mol. The van der Waals surface area contributed by atoms with Gasteiger partial charge in [0.25, 0.3) is 0 Å². The zero-order valence-corrected chi connectivity index (χ0v) is 14.4. The lowest BCUT2D eigenvalue weighted by molar-refractivity contribution is 0.292. The van der Waals surface area contributed by atoms with E-state index in [2.05, 4.69) is 25.6 Å². The van der Waals surface area contributed by atoms with Gasteiger partial charge < -0.3 is 15.7 Å². The largest absolute Gasteiger partial charge is 0.396 e. The molecule has 0 spiro atoms. The normalized spacial score (nSPS) is 10.6. The third-order valence-electron chi connectivity index (χ3n) is 3.80. The van der Waals surface area contributed by atoms with E-state index in [4.69, 9.17) is 5.11 Å². The second kappa shape index (κ2) is 8.35. The fourth-order valence-corrected chi connectivity index (χ4v) is 2.40. The van der Waals surface area contributed by atoms with E-state index in [1.54, 1.807) is 31.3 Å². The summed E-state index contributed by atoms with van der Waals surface area (Å²) in [5, 5.41) is 15.2. The average molecular weight is 353 g/mol. The highest BCUT2D eigenvalue weighted by Gasteiger charge is 2.10. The zero-order chi connectivity index (χ0) is 18.4. The van der Waals surface area contributed by atoms with Crippen LogP contribution in [0.4, 0.5) is 21.8 Å². The Kier molecular flexibility index (Phi) is 5.70. The number of hydrogen-bond acceptors (Lipinski definition) is 6. The molecule has 0 saturated carbocycles. The number of aliphatic hydroxyl groups excluding tert-OH is 1. The number of nitrogens with one attached hydrogen (secondary N) is 2. The topological polar surface area (TPSA) is 83.0 Å². The van der Waals surface area contributed by atoms with Crippen LogP contribution in [0.1, 0.15) is 12.0 Å². The molecule has 134 valence electrons. The molecule has 2 aromatic heterocycles. The molecule has 0 atom stereocenters. The molecule has 1 aromatic carbocycles. The van der Waals surface area contributed by atoms with Gasteiger partial charge in [0.2, 0.25) is 5.95 Å². The molecule has 0 radical (unpaired) electrons. The Labute approximate surface area is 151 Å². The average Bonchev–Trinajstić information content (AvgIpc) is 2.66. The Balaban J connectivity index is 1.95. The van der Waals surface area contributed by atoms with Gasteiger partial charge in [0, 0.05) is 36.7 Å². The van der Waals surface area contributed by atoms with Crippen LogP contribution in [0.25, 0.3) is 11.4 Å². The summed E-state index contributed by atoms with van der Waals surface area (Å²) in [5.41, 5.74) is 2.50. The summed E-state index contributed by atoms with van der Waals surface area (Å²) in [6, 6.07) is 12.2. The number of aliphatic hydroxyl groups is 1. The van der Waals surface area contributed by atoms with Crippen LogP contribution in [-0.2, 0) is 0 Å². The summed E-state index contributed by atoms with van der Waals surface area (Å²) in [4.78, 5) is 13.2. The summed E-state index contributed by atoms with van der Waals surface area (Å²) < 4.78 is 13.8. The number of hydrogen-bond donors (Lipinski definition) is 3. The predicted octanol–water partition coefficient (Wildman–Crippen LogP) is 3.52. The van der Waals surface area contributed by atoms with E-state index >= 15 is 0 Å². The molecule has 7 heteroatoms. The van der Waals surface area contributed by atoms with Crippen molar-refractivity contribution in [1.29, 1.82) is 0 Å². The smallest absolute Gasteiger partial charge is 0.225 e. The van der Waals surface area contributed by atoms with Crippen molar-refractivity contribution in [3.05, 3.63) is 60.0 Å². The molecule has 0 saturated heterocycles. The molecule has 0 aliphatic heterocycles. The zero-order valence-electron chi connectivity index (χ0n) is 14.4. The molecule has 3 aromatic rings. The minimum Gasteiger partial charge on any atom is -0.396 e. The molecule has 6 nitrogen and oxygen atoms in total. The van der Waals surface area contributed by atoms with E-state index in [1.807, 2.05) is 18.2 Å². The molecule has 2 heterocycles. The fourth-order valence-electron chi connectivity index (χ4n) is 2.40. The highest BCUT2D eigenvalue weighted by Crippen LogP contribution is 2.25. The van der Waals surface area contributed by atoms with Gasteiger partial charge in [-0.15, -0.1) is 0 Å². The van der Waals surface area contributed by atoms with Crippen LogP contribution in [-0.4, -0.2) is 33.2 Å². The Morgan fingerprint density at radius 1 is 1.08 bits per heavy atom. The highest BCUT2D eigenvalue weighted by atomic mass is 19.1. The van der Waals surface area contributed by atoms with Crippen molar-refractivity contribution in [3.63, 3.8) is 0 Å². The lowest BCUT2D eigenvalue weighted by Crippen LogP contribution is -2.09. The first-order valence-electron chi connectivity index (χ1n) is 8.35. The molecule has 26 heavy (non-hydrogen) atoms. The van der Waals surface area contributed by atoms with Gasteiger partial charge in [0.05, 0.1) is 11.4 Å². The summed E-state index contributed by atoms with van der Waals surface area (Å²) in [6.45, 7) is 2.33. The molecule has 0 aliphatic rings. The van der Waals surface area contributed by atoms with Crippen LogP contribution in [0.2, 0.25) is 0 Å². The third kappa shape index (κ3) is 4.31. The second-order valence-corrected chi connectivity index (χ2v) is 5.72. The van der Waals surface area contributed by atoms with E-state index in [9.17, 15) is 4.39 Å². The van der Waals surface area contributed by atoms with E-state index in [1.165, 1.54) is 6.07 Å². The number of halogens is 1. The van der Waals surface area contributed by atoms with Crippen LogP contribution in [0.15, 0.2) is 48.7 Å². The Morgan fingerprint density at radius 2 is 1.96 bits per heavy atom. The number of aromatic nitrogens is 3. The minimum atomic E-state index is -0.282. The fraction of sp³-hybridized carbons (Fsp3) is 0.211. The Bertz CT molecular complexity index is 873. The predicted molar refractivity (Wildman–Crippen MR) is 99.9 cm³/mol. The molecule has 0 aliphatic carbocycles. The maximum absolute atomic E-state index is 13.8. The molecule has 0 unspecified atom stereocenters. The number of anilines is 3. The van der Waals surface area contributed by atoms with Gasteiger partial charge in [-0.1, -0.05) is 12.1 Å². The standard InChI is InChI=1S/C19H20FN5O/c1-13-14(20)6-4-8-15(13)23-18-12-17(16-7-2-3-9-21-16)24-19(25-18)22-10-5-11-26/h2-4,6-9,12,26H,5,10-11H2,1H3,(H2,22,23,24,25). The minimum absolute atomic E-state index is 0.0839. The van der Waals surface area contributed by atoms with Crippen molar-refractivity contribution < 1.29 is 9.50 Å². The van der Waals surface area contributed by atoms with Crippen molar-refractivity contribution in [3.8, 4) is 11.4 Å². The molecule has 0 fully saturated rings. The summed E-state index contributed by atoms with van der Waals surface area (Å²) >= 11 is 0.